The van der Waals surface area contributed by atoms with Crippen molar-refractivity contribution in [1.29, 1.82) is 0 Å². The van der Waals surface area contributed by atoms with E-state index in [1.54, 1.807) is 56.9 Å². The van der Waals surface area contributed by atoms with Crippen LogP contribution in [0, 0.1) is 0 Å². The fourth-order valence-electron chi connectivity index (χ4n) is 3.59. The maximum atomic E-state index is 12.5. The summed E-state index contributed by atoms with van der Waals surface area (Å²) >= 11 is 5.34. The van der Waals surface area contributed by atoms with Gasteiger partial charge in [-0.3, -0.25) is 0 Å². The van der Waals surface area contributed by atoms with E-state index in [-0.39, 0.29) is 21.9 Å². The van der Waals surface area contributed by atoms with Crippen molar-refractivity contribution in [3.8, 4) is 11.5 Å². The lowest BCUT2D eigenvalue weighted by Gasteiger charge is -2.12. The Morgan fingerprint density at radius 2 is 1.49 bits per heavy atom. The van der Waals surface area contributed by atoms with Crippen LogP contribution < -0.4 is 30.1 Å². The van der Waals surface area contributed by atoms with Gasteiger partial charge in [0.05, 0.1) is 42.7 Å². The van der Waals surface area contributed by atoms with Gasteiger partial charge in [0.25, 0.3) is 10.0 Å². The highest BCUT2D eigenvalue weighted by molar-refractivity contribution is 7.92. The zero-order valence-electron chi connectivity index (χ0n) is 21.6. The molecule has 208 valence electrons. The molecule has 3 aromatic heterocycles. The first-order valence-electron chi connectivity index (χ1n) is 11.8. The number of hydrogen-bond acceptors (Lipinski definition) is 12. The zero-order valence-corrected chi connectivity index (χ0v) is 23.2. The minimum Gasteiger partial charge on any atom is -0.493 e. The Hall–Kier alpha value is -5.22. The molecule has 41 heavy (non-hydrogen) atoms. The lowest BCUT2D eigenvalue weighted by Crippen LogP contribution is -2.20. The van der Waals surface area contributed by atoms with Crippen LogP contribution in [0.3, 0.4) is 0 Å². The fourth-order valence-corrected chi connectivity index (χ4v) is 4.76. The van der Waals surface area contributed by atoms with E-state index >= 15 is 0 Å². The minimum absolute atomic E-state index is 0.0208. The number of nitrogens with zero attached hydrogens (tertiary/aromatic N) is 6. The van der Waals surface area contributed by atoms with E-state index < -0.39 is 10.0 Å². The molecule has 0 aliphatic rings. The van der Waals surface area contributed by atoms with Crippen LogP contribution in [-0.2, 0) is 10.0 Å². The number of rotatable bonds is 9. The molecule has 5 aromatic rings. The average molecular weight is 591 g/mol. The number of nitrogens with one attached hydrogen (secondary N) is 4. The molecule has 0 saturated carbocycles. The monoisotopic (exact) mass is 590 g/mol. The summed E-state index contributed by atoms with van der Waals surface area (Å²) in [5.41, 5.74) is 1.80. The van der Waals surface area contributed by atoms with E-state index in [0.29, 0.717) is 34.2 Å². The summed E-state index contributed by atoms with van der Waals surface area (Å²) in [7, 11) is -0.737. The molecule has 0 radical (unpaired) electrons. The summed E-state index contributed by atoms with van der Waals surface area (Å²) in [5.74, 6) is 1.87. The van der Waals surface area contributed by atoms with Gasteiger partial charge in [0.2, 0.25) is 11.9 Å². The molecule has 0 atom stereocenters. The summed E-state index contributed by atoms with van der Waals surface area (Å²) in [4.78, 5) is 25.0. The first kappa shape index (κ1) is 27.4. The third kappa shape index (κ3) is 6.51. The van der Waals surface area contributed by atoms with E-state index in [4.69, 9.17) is 21.7 Å². The van der Waals surface area contributed by atoms with E-state index in [1.807, 2.05) is 0 Å². The van der Waals surface area contributed by atoms with Gasteiger partial charge in [-0.05, 0) is 48.6 Å². The van der Waals surface area contributed by atoms with Gasteiger partial charge >= 0.3 is 0 Å². The summed E-state index contributed by atoms with van der Waals surface area (Å²) in [5, 5.41) is 9.95. The molecule has 3 heterocycles. The number of fused-ring (bicyclic) bond motifs is 1. The molecular weight excluding hydrogens is 568 g/mol. The number of methoxy groups -OCH3 is 2. The summed E-state index contributed by atoms with van der Waals surface area (Å²) in [6.45, 7) is 0. The number of aromatic nitrogens is 6. The van der Waals surface area contributed by atoms with E-state index in [2.05, 4.69) is 50.6 Å². The van der Waals surface area contributed by atoms with Crippen molar-refractivity contribution < 1.29 is 17.9 Å². The third-order valence-electron chi connectivity index (χ3n) is 5.49. The Kier molecular flexibility index (Phi) is 7.93. The number of sulfonamides is 1. The van der Waals surface area contributed by atoms with Gasteiger partial charge in [0, 0.05) is 29.5 Å². The second-order valence-corrected chi connectivity index (χ2v) is 10.2. The molecule has 0 aliphatic carbocycles. The van der Waals surface area contributed by atoms with Gasteiger partial charge in [0.1, 0.15) is 12.1 Å². The van der Waals surface area contributed by atoms with Crippen molar-refractivity contribution in [2.24, 2.45) is 0 Å². The summed E-state index contributed by atoms with van der Waals surface area (Å²) < 4.78 is 38.2. The third-order valence-corrected chi connectivity index (χ3v) is 7.04. The van der Waals surface area contributed by atoms with Gasteiger partial charge in [0.15, 0.2) is 16.6 Å². The van der Waals surface area contributed by atoms with E-state index in [0.717, 1.165) is 5.39 Å². The summed E-state index contributed by atoms with van der Waals surface area (Å²) in [6, 6.07) is 11.1. The molecule has 0 fully saturated rings. The van der Waals surface area contributed by atoms with Crippen LogP contribution in [0.4, 0.5) is 29.1 Å². The van der Waals surface area contributed by atoms with Gasteiger partial charge < -0.3 is 25.4 Å². The van der Waals surface area contributed by atoms with Crippen LogP contribution in [0.1, 0.15) is 0 Å². The van der Waals surface area contributed by atoms with Gasteiger partial charge in [-0.25, -0.2) is 43.0 Å². The Labute approximate surface area is 239 Å². The van der Waals surface area contributed by atoms with E-state index in [1.165, 1.54) is 30.9 Å². The molecule has 0 spiro atoms. The number of hydrogen-bond donors (Lipinski definition) is 4. The van der Waals surface area contributed by atoms with E-state index in [9.17, 15) is 8.42 Å². The van der Waals surface area contributed by atoms with Crippen LogP contribution >= 0.6 is 12.2 Å². The molecule has 0 unspecified atom stereocenters. The van der Waals surface area contributed by atoms with Crippen molar-refractivity contribution >= 4 is 67.3 Å². The largest absolute Gasteiger partial charge is 0.493 e. The maximum Gasteiger partial charge on any atom is 0.264 e. The fraction of sp³-hybridized carbons (Fsp3) is 0.0800. The maximum absolute atomic E-state index is 12.5. The zero-order chi connectivity index (χ0) is 28.8. The van der Waals surface area contributed by atoms with Crippen LogP contribution in [-0.4, -0.2) is 57.7 Å². The Morgan fingerprint density at radius 3 is 2.17 bits per heavy atom. The van der Waals surface area contributed by atoms with Gasteiger partial charge in [-0.1, -0.05) is 0 Å². The molecule has 4 N–H and O–H groups in total. The molecule has 0 amide bonds. The first-order valence-corrected chi connectivity index (χ1v) is 13.7. The number of ether oxygens (including phenoxy) is 2. The topological polar surface area (TPSA) is 178 Å². The molecule has 0 bridgehead atoms. The lowest BCUT2D eigenvalue weighted by atomic mass is 10.2. The quantitative estimate of drug-likeness (QED) is 0.183. The highest BCUT2D eigenvalue weighted by atomic mass is 32.2. The first-order chi connectivity index (χ1) is 19.8. The molecule has 14 nitrogen and oxygen atoms in total. The summed E-state index contributed by atoms with van der Waals surface area (Å²) in [6.07, 6.45) is 7.45. The smallest absolute Gasteiger partial charge is 0.264 e. The number of benzene rings is 2. The lowest BCUT2D eigenvalue weighted by molar-refractivity contribution is 0.356. The highest BCUT2D eigenvalue weighted by Gasteiger charge is 2.16. The van der Waals surface area contributed by atoms with Crippen molar-refractivity contribution in [1.82, 2.24) is 29.9 Å². The van der Waals surface area contributed by atoms with Crippen LogP contribution in [0.25, 0.3) is 10.9 Å². The van der Waals surface area contributed by atoms with Crippen molar-refractivity contribution in [2.75, 3.05) is 34.9 Å². The molecular formula is C25H22N10O4S2. The number of anilines is 5. The minimum atomic E-state index is -3.85. The normalized spacial score (nSPS) is 11.0. The Balaban J connectivity index is 1.21. The molecule has 0 aliphatic heterocycles. The number of thiocarbonyl (C=S) groups is 1. The Bertz CT molecular complexity index is 1790. The molecule has 16 heteroatoms. The van der Waals surface area contributed by atoms with Crippen molar-refractivity contribution in [2.45, 2.75) is 4.90 Å². The predicted molar refractivity (Wildman–Crippen MR) is 157 cm³/mol. The Morgan fingerprint density at radius 1 is 0.805 bits per heavy atom. The molecule has 2 aromatic carbocycles. The SMILES string of the molecule is COc1cc2ncnc(Nc3cnc(NC(=S)Nc4ccc(S(=O)(=O)Nc5ncccn5)cc4)nc3)c2cc1OC. The average Bonchev–Trinajstić information content (AvgIpc) is 2.98. The van der Waals surface area contributed by atoms with Gasteiger partial charge in [-0.15, -0.1) is 0 Å². The van der Waals surface area contributed by atoms with Crippen molar-refractivity contribution in [3.05, 3.63) is 73.6 Å². The predicted octanol–water partition coefficient (Wildman–Crippen LogP) is 3.58. The highest BCUT2D eigenvalue weighted by Crippen LogP contribution is 2.34. The molecule has 0 saturated heterocycles. The molecule has 5 rings (SSSR count). The van der Waals surface area contributed by atoms with Crippen LogP contribution in [0.2, 0.25) is 0 Å². The second kappa shape index (κ2) is 11.9. The van der Waals surface area contributed by atoms with Crippen LogP contribution in [0.15, 0.2) is 78.5 Å². The van der Waals surface area contributed by atoms with Crippen molar-refractivity contribution in [3.63, 3.8) is 0 Å². The van der Waals surface area contributed by atoms with Crippen LogP contribution in [0.5, 0.6) is 11.5 Å². The second-order valence-electron chi connectivity index (χ2n) is 8.15. The standard InChI is InChI=1S/C25H22N10O4S2/c1-38-20-10-18-19(11-21(20)39-2)30-14-31-22(18)32-16-12-28-23(29-13-16)34-25(40)33-15-4-6-17(7-5-15)41(36,37)35-24-26-8-3-9-27-24/h3-14H,1-2H3,(H,26,27,35)(H,30,31,32)(H2,28,29,33,34,40). The van der Waals surface area contributed by atoms with Gasteiger partial charge in [-0.2, -0.15) is 0 Å².